The number of carbonyl (C=O) groups is 1. The van der Waals surface area contributed by atoms with Gasteiger partial charge in [0.15, 0.2) is 0 Å². The fourth-order valence-corrected chi connectivity index (χ4v) is 2.23. The Balaban J connectivity index is 2.01. The molecule has 98 valence electrons. The molecular formula is C13H16ClNO3. The fourth-order valence-electron chi connectivity index (χ4n) is 2.03. The molecule has 1 amide bonds. The maximum atomic E-state index is 12.0. The largest absolute Gasteiger partial charge is 0.508 e. The lowest BCUT2D eigenvalue weighted by molar-refractivity contribution is 0.0206. The third-order valence-corrected chi connectivity index (χ3v) is 3.45. The van der Waals surface area contributed by atoms with Crippen molar-refractivity contribution < 1.29 is 14.6 Å². The molecule has 1 aromatic carbocycles. The molecule has 4 nitrogen and oxygen atoms in total. The van der Waals surface area contributed by atoms with Crippen LogP contribution in [0.25, 0.3) is 0 Å². The average molecular weight is 270 g/mol. The highest BCUT2D eigenvalue weighted by Gasteiger charge is 2.30. The third kappa shape index (κ3) is 2.94. The van der Waals surface area contributed by atoms with E-state index in [1.54, 1.807) is 0 Å². The van der Waals surface area contributed by atoms with E-state index in [1.807, 2.05) is 6.92 Å². The molecule has 0 aliphatic carbocycles. The first-order chi connectivity index (χ1) is 8.50. The second kappa shape index (κ2) is 5.16. The first-order valence-corrected chi connectivity index (χ1v) is 6.29. The second-order valence-electron chi connectivity index (χ2n) is 4.75. The number of phenols is 1. The van der Waals surface area contributed by atoms with Crippen LogP contribution in [0.2, 0.25) is 5.02 Å². The van der Waals surface area contributed by atoms with E-state index in [0.29, 0.717) is 11.6 Å². The van der Waals surface area contributed by atoms with Gasteiger partial charge < -0.3 is 15.2 Å². The van der Waals surface area contributed by atoms with Crippen LogP contribution in [0.4, 0.5) is 0 Å². The molecule has 1 aliphatic heterocycles. The van der Waals surface area contributed by atoms with Crippen LogP contribution in [0, 0.1) is 0 Å². The summed E-state index contributed by atoms with van der Waals surface area (Å²) in [6.45, 7) is 3.15. The summed E-state index contributed by atoms with van der Waals surface area (Å²) in [5.41, 5.74) is -0.0165. The van der Waals surface area contributed by atoms with E-state index in [2.05, 4.69) is 5.32 Å². The molecule has 1 unspecified atom stereocenters. The minimum absolute atomic E-state index is 0.0212. The third-order valence-electron chi connectivity index (χ3n) is 3.12. The highest BCUT2D eigenvalue weighted by Crippen LogP contribution is 2.25. The van der Waals surface area contributed by atoms with Crippen molar-refractivity contribution in [3.8, 4) is 5.75 Å². The van der Waals surface area contributed by atoms with Crippen LogP contribution in [0.15, 0.2) is 18.2 Å². The van der Waals surface area contributed by atoms with Gasteiger partial charge in [-0.1, -0.05) is 11.6 Å². The van der Waals surface area contributed by atoms with Gasteiger partial charge in [-0.2, -0.15) is 0 Å². The minimum atomic E-state index is -0.298. The number of rotatable bonds is 3. The van der Waals surface area contributed by atoms with Crippen LogP contribution in [0.1, 0.15) is 30.1 Å². The first-order valence-electron chi connectivity index (χ1n) is 5.91. The van der Waals surface area contributed by atoms with Gasteiger partial charge in [0.2, 0.25) is 0 Å². The fraction of sp³-hybridized carbons (Fsp3) is 0.462. The molecule has 0 radical (unpaired) electrons. The molecule has 0 spiro atoms. The Morgan fingerprint density at radius 1 is 1.61 bits per heavy atom. The van der Waals surface area contributed by atoms with Gasteiger partial charge >= 0.3 is 0 Å². The lowest BCUT2D eigenvalue weighted by atomic mass is 10.0. The van der Waals surface area contributed by atoms with Crippen LogP contribution in [0.3, 0.4) is 0 Å². The topological polar surface area (TPSA) is 58.6 Å². The molecule has 1 aliphatic rings. The predicted octanol–water partition coefficient (Wildman–Crippen LogP) is 2.34. The molecule has 1 heterocycles. The van der Waals surface area contributed by atoms with Crippen LogP contribution < -0.4 is 5.32 Å². The van der Waals surface area contributed by atoms with E-state index < -0.39 is 0 Å². The summed E-state index contributed by atoms with van der Waals surface area (Å²) in [6, 6.07) is 4.30. The van der Waals surface area contributed by atoms with Crippen LogP contribution in [0.5, 0.6) is 5.75 Å². The zero-order chi connectivity index (χ0) is 13.2. The second-order valence-corrected chi connectivity index (χ2v) is 5.16. The van der Waals surface area contributed by atoms with Crippen molar-refractivity contribution in [3.05, 3.63) is 28.8 Å². The molecule has 1 fully saturated rings. The number of aromatic hydroxyl groups is 1. The summed E-state index contributed by atoms with van der Waals surface area (Å²) < 4.78 is 5.58. The Hall–Kier alpha value is -1.26. The minimum Gasteiger partial charge on any atom is -0.508 e. The lowest BCUT2D eigenvalue weighted by Crippen LogP contribution is -2.40. The number of nitrogens with one attached hydrogen (secondary N) is 1. The zero-order valence-electron chi connectivity index (χ0n) is 10.2. The van der Waals surface area contributed by atoms with Gasteiger partial charge in [0.1, 0.15) is 5.75 Å². The van der Waals surface area contributed by atoms with Crippen LogP contribution in [-0.2, 0) is 4.74 Å². The summed E-state index contributed by atoms with van der Waals surface area (Å²) in [4.78, 5) is 12.0. The Bertz CT molecular complexity index is 456. The monoisotopic (exact) mass is 269 g/mol. The Labute approximate surface area is 111 Å². The average Bonchev–Trinajstić information content (AvgIpc) is 2.77. The van der Waals surface area contributed by atoms with Crippen molar-refractivity contribution in [1.29, 1.82) is 0 Å². The molecule has 1 aromatic rings. The highest BCUT2D eigenvalue weighted by molar-refractivity contribution is 6.33. The van der Waals surface area contributed by atoms with Gasteiger partial charge in [-0.25, -0.2) is 0 Å². The first kappa shape index (κ1) is 13.2. The number of benzene rings is 1. The number of carbonyl (C=O) groups excluding carboxylic acids is 1. The van der Waals surface area contributed by atoms with E-state index in [1.165, 1.54) is 18.2 Å². The molecule has 1 saturated heterocycles. The van der Waals surface area contributed by atoms with Crippen molar-refractivity contribution in [3.63, 3.8) is 0 Å². The summed E-state index contributed by atoms with van der Waals surface area (Å²) in [6.07, 6.45) is 1.94. The van der Waals surface area contributed by atoms with Gasteiger partial charge in [-0.05, 0) is 38.0 Å². The quantitative estimate of drug-likeness (QED) is 0.886. The summed E-state index contributed by atoms with van der Waals surface area (Å²) in [5, 5.41) is 12.5. The maximum Gasteiger partial charge on any atom is 0.253 e. The summed E-state index contributed by atoms with van der Waals surface area (Å²) in [5.74, 6) is -0.277. The van der Waals surface area contributed by atoms with Crippen molar-refractivity contribution in [2.45, 2.75) is 25.4 Å². The Kier molecular flexibility index (Phi) is 3.78. The molecule has 5 heteroatoms. The van der Waals surface area contributed by atoms with E-state index in [4.69, 9.17) is 16.3 Å². The van der Waals surface area contributed by atoms with Crippen LogP contribution >= 0.6 is 11.6 Å². The van der Waals surface area contributed by atoms with Crippen LogP contribution in [-0.4, -0.2) is 29.8 Å². The van der Waals surface area contributed by atoms with E-state index in [0.717, 1.165) is 19.4 Å². The van der Waals surface area contributed by atoms with Gasteiger partial charge in [0.05, 0.1) is 16.2 Å². The molecule has 1 atom stereocenters. The van der Waals surface area contributed by atoms with Gasteiger partial charge in [-0.15, -0.1) is 0 Å². The standard InChI is InChI=1S/C13H16ClNO3/c1-13(5-2-6-18-13)8-15-12(17)10-7-9(16)3-4-11(10)14/h3-4,7,16H,2,5-6,8H2,1H3,(H,15,17). The van der Waals surface area contributed by atoms with E-state index in [9.17, 15) is 9.90 Å². The number of hydrogen-bond donors (Lipinski definition) is 2. The number of halogens is 1. The van der Waals surface area contributed by atoms with Gasteiger partial charge in [0.25, 0.3) is 5.91 Å². The SMILES string of the molecule is CC1(CNC(=O)c2cc(O)ccc2Cl)CCCO1. The number of hydrogen-bond acceptors (Lipinski definition) is 3. The number of amides is 1. The van der Waals surface area contributed by atoms with Crippen molar-refractivity contribution in [2.24, 2.45) is 0 Å². The number of ether oxygens (including phenoxy) is 1. The molecule has 2 N–H and O–H groups in total. The molecular weight excluding hydrogens is 254 g/mol. The Morgan fingerprint density at radius 2 is 2.39 bits per heavy atom. The Morgan fingerprint density at radius 3 is 3.06 bits per heavy atom. The number of phenolic OH excluding ortho intramolecular Hbond substituents is 1. The summed E-state index contributed by atoms with van der Waals surface area (Å²) in [7, 11) is 0. The maximum absolute atomic E-state index is 12.0. The lowest BCUT2D eigenvalue weighted by Gasteiger charge is -2.23. The predicted molar refractivity (Wildman–Crippen MR) is 69.0 cm³/mol. The smallest absolute Gasteiger partial charge is 0.253 e. The molecule has 0 bridgehead atoms. The molecule has 18 heavy (non-hydrogen) atoms. The highest BCUT2D eigenvalue weighted by atomic mass is 35.5. The van der Waals surface area contributed by atoms with E-state index in [-0.39, 0.29) is 22.8 Å². The van der Waals surface area contributed by atoms with Crippen molar-refractivity contribution in [2.75, 3.05) is 13.2 Å². The zero-order valence-corrected chi connectivity index (χ0v) is 11.0. The van der Waals surface area contributed by atoms with Crippen molar-refractivity contribution >= 4 is 17.5 Å². The molecule has 0 saturated carbocycles. The van der Waals surface area contributed by atoms with Crippen molar-refractivity contribution in [1.82, 2.24) is 5.32 Å². The van der Waals surface area contributed by atoms with E-state index >= 15 is 0 Å². The van der Waals surface area contributed by atoms with Gasteiger partial charge in [-0.3, -0.25) is 4.79 Å². The molecule has 2 rings (SSSR count). The molecule has 0 aromatic heterocycles. The van der Waals surface area contributed by atoms with Gasteiger partial charge in [0, 0.05) is 13.2 Å². The summed E-state index contributed by atoms with van der Waals surface area (Å²) >= 11 is 5.92. The normalized spacial score (nSPS) is 23.0.